The van der Waals surface area contributed by atoms with Crippen molar-refractivity contribution in [3.63, 3.8) is 0 Å². The summed E-state index contributed by atoms with van der Waals surface area (Å²) in [5.74, 6) is -0.690. The molecule has 112 valence electrons. The summed E-state index contributed by atoms with van der Waals surface area (Å²) in [6.07, 6.45) is 0. The smallest absolute Gasteiger partial charge is 0.141 e. The second-order valence-electron chi connectivity index (χ2n) is 5.12. The largest absolute Gasteiger partial charge is 0.307 e. The third-order valence-electron chi connectivity index (χ3n) is 3.53. The molecule has 0 aliphatic rings. The number of aryl methyl sites for hydroxylation is 2. The van der Waals surface area contributed by atoms with E-state index >= 15 is 0 Å². The zero-order valence-corrected chi connectivity index (χ0v) is 13.1. The van der Waals surface area contributed by atoms with E-state index in [1.165, 1.54) is 18.2 Å². The Kier molecular flexibility index (Phi) is 4.96. The van der Waals surface area contributed by atoms with Gasteiger partial charge in [0.2, 0.25) is 0 Å². The summed E-state index contributed by atoms with van der Waals surface area (Å²) in [6.45, 7) is 6.48. The van der Waals surface area contributed by atoms with Crippen LogP contribution in [0.5, 0.6) is 0 Å². The monoisotopic (exact) mass is 309 g/mol. The maximum Gasteiger partial charge on any atom is 0.141 e. The first-order chi connectivity index (χ1) is 9.93. The number of hydrogen-bond donors (Lipinski definition) is 1. The molecule has 0 bridgehead atoms. The van der Waals surface area contributed by atoms with E-state index in [9.17, 15) is 8.78 Å². The van der Waals surface area contributed by atoms with Gasteiger partial charge in [-0.2, -0.15) is 0 Å². The van der Waals surface area contributed by atoms with Gasteiger partial charge in [0.25, 0.3) is 0 Å². The van der Waals surface area contributed by atoms with Crippen LogP contribution in [0.2, 0.25) is 5.02 Å². The summed E-state index contributed by atoms with van der Waals surface area (Å²) >= 11 is 5.89. The topological polar surface area (TPSA) is 12.0 Å². The Bertz CT molecular complexity index is 632. The van der Waals surface area contributed by atoms with E-state index in [1.54, 1.807) is 12.1 Å². The van der Waals surface area contributed by atoms with E-state index in [0.717, 1.165) is 28.8 Å². The molecule has 0 spiro atoms. The standard InChI is InChI=1S/C17H18ClF2N/c1-4-21-17(12-5-6-15(20)14(18)9-12)16-10(2)7-13(19)8-11(16)3/h5-9,17,21H,4H2,1-3H3. The molecular formula is C17H18ClF2N. The summed E-state index contributed by atoms with van der Waals surface area (Å²) in [7, 11) is 0. The molecule has 0 fully saturated rings. The van der Waals surface area contributed by atoms with Crippen molar-refractivity contribution in [3.8, 4) is 0 Å². The molecule has 0 aliphatic heterocycles. The van der Waals surface area contributed by atoms with E-state index in [0.29, 0.717) is 0 Å². The van der Waals surface area contributed by atoms with Crippen LogP contribution in [0.25, 0.3) is 0 Å². The van der Waals surface area contributed by atoms with Gasteiger partial charge in [-0.15, -0.1) is 0 Å². The minimum Gasteiger partial charge on any atom is -0.307 e. The summed E-state index contributed by atoms with van der Waals surface area (Å²) in [5.41, 5.74) is 3.58. The van der Waals surface area contributed by atoms with Gasteiger partial charge in [-0.05, 0) is 66.9 Å². The fourth-order valence-corrected chi connectivity index (χ4v) is 2.85. The Balaban J connectivity index is 2.55. The van der Waals surface area contributed by atoms with E-state index < -0.39 is 5.82 Å². The van der Waals surface area contributed by atoms with Crippen LogP contribution in [0.4, 0.5) is 8.78 Å². The number of benzene rings is 2. The first kappa shape index (κ1) is 15.9. The number of nitrogens with one attached hydrogen (secondary N) is 1. The second-order valence-corrected chi connectivity index (χ2v) is 5.52. The molecule has 1 nitrogen and oxygen atoms in total. The molecule has 1 unspecified atom stereocenters. The second kappa shape index (κ2) is 6.54. The lowest BCUT2D eigenvalue weighted by molar-refractivity contribution is 0.601. The summed E-state index contributed by atoms with van der Waals surface area (Å²) < 4.78 is 26.8. The predicted molar refractivity (Wildman–Crippen MR) is 82.8 cm³/mol. The Labute approximate surface area is 128 Å². The fourth-order valence-electron chi connectivity index (χ4n) is 2.66. The molecule has 2 aromatic rings. The molecule has 4 heteroatoms. The molecule has 0 radical (unpaired) electrons. The molecule has 0 amide bonds. The van der Waals surface area contributed by atoms with Gasteiger partial charge in [0.15, 0.2) is 0 Å². The van der Waals surface area contributed by atoms with Crippen molar-refractivity contribution < 1.29 is 8.78 Å². The lowest BCUT2D eigenvalue weighted by Gasteiger charge is -2.23. The fraction of sp³-hybridized carbons (Fsp3) is 0.294. The summed E-state index contributed by atoms with van der Waals surface area (Å²) in [5, 5.41) is 3.45. The van der Waals surface area contributed by atoms with Gasteiger partial charge < -0.3 is 5.32 Å². The molecule has 0 heterocycles. The molecule has 0 aliphatic carbocycles. The highest BCUT2D eigenvalue weighted by Gasteiger charge is 2.19. The number of rotatable bonds is 4. The Morgan fingerprint density at radius 2 is 1.71 bits per heavy atom. The highest BCUT2D eigenvalue weighted by atomic mass is 35.5. The molecular weight excluding hydrogens is 292 g/mol. The lowest BCUT2D eigenvalue weighted by Crippen LogP contribution is -2.24. The molecule has 1 atom stereocenters. The van der Waals surface area contributed by atoms with Crippen molar-refractivity contribution in [3.05, 3.63) is 69.2 Å². The van der Waals surface area contributed by atoms with Crippen molar-refractivity contribution in [2.24, 2.45) is 0 Å². The van der Waals surface area contributed by atoms with Gasteiger partial charge in [0.1, 0.15) is 11.6 Å². The van der Waals surface area contributed by atoms with Crippen LogP contribution < -0.4 is 5.32 Å². The molecule has 21 heavy (non-hydrogen) atoms. The van der Waals surface area contributed by atoms with Crippen molar-refractivity contribution in [1.29, 1.82) is 0 Å². The minimum absolute atomic E-state index is 0.0906. The van der Waals surface area contributed by atoms with Gasteiger partial charge in [-0.25, -0.2) is 8.78 Å². The summed E-state index contributed by atoms with van der Waals surface area (Å²) in [4.78, 5) is 0. The maximum atomic E-state index is 13.5. The van der Waals surface area contributed by atoms with Gasteiger partial charge in [-0.1, -0.05) is 24.6 Å². The van der Waals surface area contributed by atoms with Crippen LogP contribution in [-0.4, -0.2) is 6.54 Å². The van der Waals surface area contributed by atoms with Gasteiger partial charge >= 0.3 is 0 Å². The van der Waals surface area contributed by atoms with Gasteiger partial charge in [0.05, 0.1) is 11.1 Å². The van der Waals surface area contributed by atoms with Crippen molar-refractivity contribution in [2.45, 2.75) is 26.8 Å². The van der Waals surface area contributed by atoms with E-state index in [2.05, 4.69) is 5.32 Å². The third kappa shape index (κ3) is 3.42. The minimum atomic E-state index is -0.441. The predicted octanol–water partition coefficient (Wildman–Crippen LogP) is 4.93. The van der Waals surface area contributed by atoms with Gasteiger partial charge in [0, 0.05) is 0 Å². The number of halogens is 3. The SMILES string of the molecule is CCNC(c1ccc(F)c(Cl)c1)c1c(C)cc(F)cc1C. The van der Waals surface area contributed by atoms with Crippen LogP contribution in [0.3, 0.4) is 0 Å². The Hall–Kier alpha value is -1.45. The zero-order valence-electron chi connectivity index (χ0n) is 12.3. The quantitative estimate of drug-likeness (QED) is 0.844. The maximum absolute atomic E-state index is 13.5. The van der Waals surface area contributed by atoms with Crippen LogP contribution in [0.15, 0.2) is 30.3 Å². The zero-order chi connectivity index (χ0) is 15.6. The highest BCUT2D eigenvalue weighted by molar-refractivity contribution is 6.30. The van der Waals surface area contributed by atoms with E-state index in [1.807, 2.05) is 20.8 Å². The molecule has 0 saturated heterocycles. The lowest BCUT2D eigenvalue weighted by atomic mass is 9.91. The average molecular weight is 310 g/mol. The average Bonchev–Trinajstić information content (AvgIpc) is 2.40. The van der Waals surface area contributed by atoms with Crippen LogP contribution >= 0.6 is 11.6 Å². The molecule has 2 rings (SSSR count). The Morgan fingerprint density at radius 3 is 2.24 bits per heavy atom. The van der Waals surface area contributed by atoms with Gasteiger partial charge in [-0.3, -0.25) is 0 Å². The summed E-state index contributed by atoms with van der Waals surface area (Å²) in [6, 6.07) is 7.56. The third-order valence-corrected chi connectivity index (χ3v) is 3.82. The van der Waals surface area contributed by atoms with Crippen molar-refractivity contribution in [2.75, 3.05) is 6.54 Å². The molecule has 0 saturated carbocycles. The van der Waals surface area contributed by atoms with Crippen molar-refractivity contribution in [1.82, 2.24) is 5.32 Å². The number of hydrogen-bond acceptors (Lipinski definition) is 1. The molecule has 0 aromatic heterocycles. The molecule has 2 aromatic carbocycles. The van der Waals surface area contributed by atoms with Crippen LogP contribution in [0, 0.1) is 25.5 Å². The van der Waals surface area contributed by atoms with E-state index in [-0.39, 0.29) is 16.9 Å². The van der Waals surface area contributed by atoms with Crippen LogP contribution in [0.1, 0.15) is 35.2 Å². The van der Waals surface area contributed by atoms with Crippen LogP contribution in [-0.2, 0) is 0 Å². The van der Waals surface area contributed by atoms with E-state index in [4.69, 9.17) is 11.6 Å². The first-order valence-electron chi connectivity index (χ1n) is 6.89. The Morgan fingerprint density at radius 1 is 1.10 bits per heavy atom. The normalized spacial score (nSPS) is 12.5. The van der Waals surface area contributed by atoms with Crippen molar-refractivity contribution >= 4 is 11.6 Å². The highest BCUT2D eigenvalue weighted by Crippen LogP contribution is 2.30. The first-order valence-corrected chi connectivity index (χ1v) is 7.26. The molecule has 1 N–H and O–H groups in total.